The Kier molecular flexibility index (Phi) is 6.14. The van der Waals surface area contributed by atoms with Gasteiger partial charge in [-0.1, -0.05) is 0 Å². The molecule has 0 aromatic carbocycles. The van der Waals surface area contributed by atoms with E-state index < -0.39 is 19.1 Å². The number of halogens is 2. The Labute approximate surface area is 70.6 Å². The number of alkyl halides is 2. The van der Waals surface area contributed by atoms with Crippen molar-refractivity contribution < 1.29 is 19.0 Å². The van der Waals surface area contributed by atoms with Crippen LogP contribution in [0.1, 0.15) is 6.92 Å². The lowest BCUT2D eigenvalue weighted by molar-refractivity contribution is 0.0513. The molecule has 74 valence electrons. The van der Waals surface area contributed by atoms with E-state index in [9.17, 15) is 8.78 Å². The molecule has 0 bridgehead atoms. The first-order chi connectivity index (χ1) is 5.56. The minimum absolute atomic E-state index is 0.167. The molecule has 0 radical (unpaired) electrons. The molecule has 3 nitrogen and oxygen atoms in total. The van der Waals surface area contributed by atoms with Crippen molar-refractivity contribution >= 4 is 0 Å². The van der Waals surface area contributed by atoms with Gasteiger partial charge in [0.15, 0.2) is 0 Å². The summed E-state index contributed by atoms with van der Waals surface area (Å²) >= 11 is 0. The average molecular weight is 183 g/mol. The molecule has 0 heterocycles. The van der Waals surface area contributed by atoms with Crippen LogP contribution in [0.2, 0.25) is 0 Å². The second-order valence-corrected chi connectivity index (χ2v) is 2.72. The minimum atomic E-state index is -2.42. The molecule has 1 atom stereocenters. The van der Waals surface area contributed by atoms with Crippen molar-refractivity contribution in [3.05, 3.63) is 0 Å². The van der Waals surface area contributed by atoms with Gasteiger partial charge in [-0.15, -0.1) is 0 Å². The van der Waals surface area contributed by atoms with Crippen molar-refractivity contribution in [2.24, 2.45) is 0 Å². The van der Waals surface area contributed by atoms with Crippen molar-refractivity contribution in [1.29, 1.82) is 0 Å². The maximum atomic E-state index is 11.9. The van der Waals surface area contributed by atoms with Crippen LogP contribution in [0.3, 0.4) is 0 Å². The summed E-state index contributed by atoms with van der Waals surface area (Å²) in [6.07, 6.45) is -3.06. The molecule has 0 rings (SSSR count). The van der Waals surface area contributed by atoms with Gasteiger partial charge in [0, 0.05) is 13.1 Å². The fourth-order valence-electron chi connectivity index (χ4n) is 0.967. The normalized spacial score (nSPS) is 14.2. The van der Waals surface area contributed by atoms with Gasteiger partial charge in [-0.2, -0.15) is 0 Å². The van der Waals surface area contributed by atoms with Gasteiger partial charge in [0.25, 0.3) is 6.43 Å². The predicted octanol–water partition coefficient (Wildman–Crippen LogP) is -0.0734. The summed E-state index contributed by atoms with van der Waals surface area (Å²) in [6, 6.07) is 0. The van der Waals surface area contributed by atoms with E-state index in [1.165, 1.54) is 11.8 Å². The highest BCUT2D eigenvalue weighted by atomic mass is 19.3. The quantitative estimate of drug-likeness (QED) is 0.605. The highest BCUT2D eigenvalue weighted by Gasteiger charge is 2.12. The topological polar surface area (TPSA) is 43.7 Å². The lowest BCUT2D eigenvalue weighted by Crippen LogP contribution is -2.36. The van der Waals surface area contributed by atoms with Gasteiger partial charge in [0.2, 0.25) is 0 Å². The van der Waals surface area contributed by atoms with Crippen LogP contribution < -0.4 is 0 Å². The molecule has 2 N–H and O–H groups in total. The first-order valence-electron chi connectivity index (χ1n) is 3.85. The molecule has 0 fully saturated rings. The lowest BCUT2D eigenvalue weighted by Gasteiger charge is -2.21. The third kappa shape index (κ3) is 6.45. The Bertz CT molecular complexity index is 102. The molecule has 12 heavy (non-hydrogen) atoms. The summed E-state index contributed by atoms with van der Waals surface area (Å²) in [5.74, 6) is 0. The van der Waals surface area contributed by atoms with Crippen molar-refractivity contribution in [2.75, 3.05) is 26.2 Å². The highest BCUT2D eigenvalue weighted by Crippen LogP contribution is 1.99. The van der Waals surface area contributed by atoms with E-state index in [-0.39, 0.29) is 19.7 Å². The second kappa shape index (κ2) is 6.28. The Morgan fingerprint density at radius 3 is 2.25 bits per heavy atom. The van der Waals surface area contributed by atoms with Gasteiger partial charge < -0.3 is 10.2 Å². The summed E-state index contributed by atoms with van der Waals surface area (Å²) < 4.78 is 23.7. The lowest BCUT2D eigenvalue weighted by atomic mass is 10.3. The Morgan fingerprint density at radius 1 is 1.33 bits per heavy atom. The Balaban J connectivity index is 3.69. The van der Waals surface area contributed by atoms with Gasteiger partial charge in [-0.25, -0.2) is 8.78 Å². The third-order valence-electron chi connectivity index (χ3n) is 1.33. The van der Waals surface area contributed by atoms with Crippen LogP contribution in [0.5, 0.6) is 0 Å². The van der Waals surface area contributed by atoms with Crippen LogP contribution in [0.25, 0.3) is 0 Å². The van der Waals surface area contributed by atoms with Crippen LogP contribution in [-0.4, -0.2) is 53.9 Å². The predicted molar refractivity (Wildman–Crippen MR) is 41.2 cm³/mol. The van der Waals surface area contributed by atoms with Crippen molar-refractivity contribution in [3.63, 3.8) is 0 Å². The van der Waals surface area contributed by atoms with Gasteiger partial charge >= 0.3 is 0 Å². The maximum absolute atomic E-state index is 11.9. The number of hydrogen-bond donors (Lipinski definition) is 2. The fraction of sp³-hybridized carbons (Fsp3) is 1.00. The smallest absolute Gasteiger partial charge is 0.251 e. The largest absolute Gasteiger partial charge is 0.395 e. The van der Waals surface area contributed by atoms with E-state index in [0.29, 0.717) is 0 Å². The highest BCUT2D eigenvalue weighted by molar-refractivity contribution is 4.61. The van der Waals surface area contributed by atoms with Crippen LogP contribution in [0.15, 0.2) is 0 Å². The maximum Gasteiger partial charge on any atom is 0.251 e. The molecule has 0 aliphatic rings. The van der Waals surface area contributed by atoms with Gasteiger partial charge in [-0.3, -0.25) is 4.90 Å². The van der Waals surface area contributed by atoms with Crippen LogP contribution in [0.4, 0.5) is 8.78 Å². The summed E-state index contributed by atoms with van der Waals surface area (Å²) in [7, 11) is 0. The molecule has 0 aliphatic carbocycles. The zero-order valence-electron chi connectivity index (χ0n) is 7.08. The number of aliphatic hydroxyl groups excluding tert-OH is 2. The Hall–Kier alpha value is -0.260. The molecule has 1 unspecified atom stereocenters. The minimum Gasteiger partial charge on any atom is -0.395 e. The number of hydrogen-bond acceptors (Lipinski definition) is 3. The summed E-state index contributed by atoms with van der Waals surface area (Å²) in [4.78, 5) is 1.33. The van der Waals surface area contributed by atoms with Crippen LogP contribution >= 0.6 is 0 Å². The molecule has 0 amide bonds. The van der Waals surface area contributed by atoms with Gasteiger partial charge in [0.1, 0.15) is 0 Å². The summed E-state index contributed by atoms with van der Waals surface area (Å²) in [6.45, 7) is 1.31. The molecule has 0 spiro atoms. The van der Waals surface area contributed by atoms with Gasteiger partial charge in [-0.05, 0) is 6.92 Å². The van der Waals surface area contributed by atoms with E-state index in [1.54, 1.807) is 0 Å². The SMILES string of the molecule is CC(O)CN(CCO)CC(F)F. The number of aliphatic hydroxyl groups is 2. The zero-order chi connectivity index (χ0) is 9.56. The average Bonchev–Trinajstić information content (AvgIpc) is 1.84. The molecule has 0 aromatic heterocycles. The van der Waals surface area contributed by atoms with E-state index >= 15 is 0 Å². The number of rotatable bonds is 6. The molecule has 0 saturated heterocycles. The van der Waals surface area contributed by atoms with E-state index in [2.05, 4.69) is 0 Å². The molecular weight excluding hydrogens is 168 g/mol. The van der Waals surface area contributed by atoms with Crippen molar-refractivity contribution in [2.45, 2.75) is 19.5 Å². The first kappa shape index (κ1) is 11.7. The van der Waals surface area contributed by atoms with Gasteiger partial charge in [0.05, 0.1) is 19.3 Å². The molecule has 5 heteroatoms. The molecular formula is C7H15F2NO2. The summed E-state index contributed by atoms with van der Waals surface area (Å²) in [5, 5.41) is 17.4. The van der Waals surface area contributed by atoms with Crippen LogP contribution in [-0.2, 0) is 0 Å². The van der Waals surface area contributed by atoms with E-state index in [0.717, 1.165) is 0 Å². The monoisotopic (exact) mass is 183 g/mol. The van der Waals surface area contributed by atoms with E-state index in [1.807, 2.05) is 0 Å². The first-order valence-corrected chi connectivity index (χ1v) is 3.85. The molecule has 0 saturated carbocycles. The fourth-order valence-corrected chi connectivity index (χ4v) is 0.967. The van der Waals surface area contributed by atoms with E-state index in [4.69, 9.17) is 10.2 Å². The third-order valence-corrected chi connectivity index (χ3v) is 1.33. The molecule has 0 aromatic rings. The second-order valence-electron chi connectivity index (χ2n) is 2.72. The van der Waals surface area contributed by atoms with Crippen molar-refractivity contribution in [3.8, 4) is 0 Å². The standard InChI is InChI=1S/C7H15F2NO2/c1-6(12)4-10(2-3-11)5-7(8)9/h6-7,11-12H,2-5H2,1H3. The van der Waals surface area contributed by atoms with Crippen molar-refractivity contribution in [1.82, 2.24) is 4.90 Å². The molecule has 0 aliphatic heterocycles. The Morgan fingerprint density at radius 2 is 1.92 bits per heavy atom. The number of nitrogens with zero attached hydrogens (tertiary/aromatic N) is 1. The van der Waals surface area contributed by atoms with Crippen LogP contribution in [0, 0.1) is 0 Å². The zero-order valence-corrected chi connectivity index (χ0v) is 7.08. The summed E-state index contributed by atoms with van der Waals surface area (Å²) in [5.41, 5.74) is 0.